The average molecular weight is 302 g/mol. The first-order valence-corrected chi connectivity index (χ1v) is 7.05. The van der Waals surface area contributed by atoms with Gasteiger partial charge in [0, 0.05) is 25.1 Å². The molecule has 1 aromatic heterocycles. The van der Waals surface area contributed by atoms with E-state index in [1.807, 2.05) is 14.0 Å². The quantitative estimate of drug-likeness (QED) is 0.819. The van der Waals surface area contributed by atoms with E-state index >= 15 is 0 Å². The predicted molar refractivity (Wildman–Crippen MR) is 72.5 cm³/mol. The molecule has 1 rings (SSSR count). The van der Waals surface area contributed by atoms with Crippen molar-refractivity contribution in [2.75, 3.05) is 11.9 Å². The maximum absolute atomic E-state index is 11.9. The summed E-state index contributed by atoms with van der Waals surface area (Å²) < 4.78 is 1.67. The van der Waals surface area contributed by atoms with E-state index in [1.54, 1.807) is 10.9 Å². The first-order chi connectivity index (χ1) is 8.08. The van der Waals surface area contributed by atoms with Gasteiger partial charge in [0.2, 0.25) is 0 Å². The summed E-state index contributed by atoms with van der Waals surface area (Å²) in [7, 11) is 1.82. The lowest BCUT2D eigenvalue weighted by Crippen LogP contribution is -2.29. The highest BCUT2D eigenvalue weighted by molar-refractivity contribution is 9.09. The highest BCUT2D eigenvalue weighted by atomic mass is 79.9. The van der Waals surface area contributed by atoms with Crippen molar-refractivity contribution in [1.29, 1.82) is 0 Å². The van der Waals surface area contributed by atoms with E-state index in [1.165, 1.54) is 0 Å². The second kappa shape index (κ2) is 6.79. The summed E-state index contributed by atoms with van der Waals surface area (Å²) in [5.74, 6) is 0.513. The molecule has 0 radical (unpaired) electrons. The summed E-state index contributed by atoms with van der Waals surface area (Å²) in [6.07, 6.45) is 3.93. The molecule has 5 heteroatoms. The SMILES string of the molecule is CCC(CCBr)CNC(=O)c1cn(C)nc1C. The molecule has 0 spiro atoms. The molecule has 0 aliphatic rings. The molecule has 1 amide bonds. The maximum Gasteiger partial charge on any atom is 0.254 e. The molecule has 1 atom stereocenters. The lowest BCUT2D eigenvalue weighted by atomic mass is 10.0. The number of aryl methyl sites for hydroxylation is 2. The van der Waals surface area contributed by atoms with Crippen molar-refractivity contribution in [3.63, 3.8) is 0 Å². The fraction of sp³-hybridized carbons (Fsp3) is 0.667. The van der Waals surface area contributed by atoms with Crippen molar-refractivity contribution in [2.45, 2.75) is 26.7 Å². The third-order valence-corrected chi connectivity index (χ3v) is 3.36. The van der Waals surface area contributed by atoms with Gasteiger partial charge in [-0.05, 0) is 19.3 Å². The Morgan fingerprint density at radius 2 is 2.35 bits per heavy atom. The largest absolute Gasteiger partial charge is 0.352 e. The number of carbonyl (C=O) groups excluding carboxylic acids is 1. The van der Waals surface area contributed by atoms with E-state index in [4.69, 9.17) is 0 Å². The zero-order valence-electron chi connectivity index (χ0n) is 10.7. The number of nitrogens with one attached hydrogen (secondary N) is 1. The Hall–Kier alpha value is -0.840. The Morgan fingerprint density at radius 1 is 1.65 bits per heavy atom. The van der Waals surface area contributed by atoms with Gasteiger partial charge in [-0.2, -0.15) is 5.10 Å². The smallest absolute Gasteiger partial charge is 0.254 e. The maximum atomic E-state index is 11.9. The summed E-state index contributed by atoms with van der Waals surface area (Å²) in [6, 6.07) is 0. The molecule has 1 aromatic rings. The number of alkyl halides is 1. The molecule has 0 fully saturated rings. The first kappa shape index (κ1) is 14.2. The molecular formula is C12H20BrN3O. The van der Waals surface area contributed by atoms with Crippen LogP contribution in [0.15, 0.2) is 6.20 Å². The van der Waals surface area contributed by atoms with Gasteiger partial charge in [-0.3, -0.25) is 9.48 Å². The highest BCUT2D eigenvalue weighted by Crippen LogP contribution is 2.10. The summed E-state index contributed by atoms with van der Waals surface area (Å²) in [5, 5.41) is 8.12. The van der Waals surface area contributed by atoms with E-state index < -0.39 is 0 Å². The first-order valence-electron chi connectivity index (χ1n) is 5.92. The molecule has 0 bridgehead atoms. The molecule has 0 aliphatic heterocycles. The molecular weight excluding hydrogens is 282 g/mol. The van der Waals surface area contributed by atoms with Crippen LogP contribution in [0.1, 0.15) is 35.8 Å². The lowest BCUT2D eigenvalue weighted by molar-refractivity contribution is 0.0946. The van der Waals surface area contributed by atoms with E-state index in [9.17, 15) is 4.79 Å². The molecule has 0 aliphatic carbocycles. The van der Waals surface area contributed by atoms with E-state index in [-0.39, 0.29) is 5.91 Å². The van der Waals surface area contributed by atoms with Crippen LogP contribution in [-0.4, -0.2) is 27.6 Å². The number of aromatic nitrogens is 2. The third-order valence-electron chi connectivity index (χ3n) is 2.90. The molecule has 17 heavy (non-hydrogen) atoms. The molecule has 0 saturated heterocycles. The van der Waals surface area contributed by atoms with E-state index in [2.05, 4.69) is 33.3 Å². The van der Waals surface area contributed by atoms with Crippen LogP contribution in [0.5, 0.6) is 0 Å². The van der Waals surface area contributed by atoms with Crippen LogP contribution in [0.25, 0.3) is 0 Å². The van der Waals surface area contributed by atoms with Gasteiger partial charge in [-0.1, -0.05) is 29.3 Å². The third kappa shape index (κ3) is 4.15. The topological polar surface area (TPSA) is 46.9 Å². The van der Waals surface area contributed by atoms with Crippen LogP contribution in [0.4, 0.5) is 0 Å². The van der Waals surface area contributed by atoms with Crippen molar-refractivity contribution in [2.24, 2.45) is 13.0 Å². The number of rotatable bonds is 6. The zero-order valence-corrected chi connectivity index (χ0v) is 12.2. The van der Waals surface area contributed by atoms with Crippen molar-refractivity contribution in [1.82, 2.24) is 15.1 Å². The van der Waals surface area contributed by atoms with Crippen molar-refractivity contribution in [3.8, 4) is 0 Å². The van der Waals surface area contributed by atoms with Crippen molar-refractivity contribution >= 4 is 21.8 Å². The van der Waals surface area contributed by atoms with Gasteiger partial charge >= 0.3 is 0 Å². The normalized spacial score (nSPS) is 12.5. The molecule has 4 nitrogen and oxygen atoms in total. The summed E-state index contributed by atoms with van der Waals surface area (Å²) in [4.78, 5) is 11.9. The Bertz CT molecular complexity index is 376. The van der Waals surface area contributed by atoms with Crippen LogP contribution in [-0.2, 0) is 7.05 Å². The fourth-order valence-corrected chi connectivity index (χ4v) is 2.41. The minimum absolute atomic E-state index is 0.0244. The van der Waals surface area contributed by atoms with Crippen molar-refractivity contribution < 1.29 is 4.79 Å². The number of nitrogens with zero attached hydrogens (tertiary/aromatic N) is 2. The lowest BCUT2D eigenvalue weighted by Gasteiger charge is -2.13. The standard InChI is InChI=1S/C12H20BrN3O/c1-4-10(5-6-13)7-14-12(17)11-8-16(3)15-9(11)2/h8,10H,4-7H2,1-3H3,(H,14,17). The fourth-order valence-electron chi connectivity index (χ4n) is 1.76. The second-order valence-corrected chi connectivity index (χ2v) is 5.06. The molecule has 1 N–H and O–H groups in total. The number of halogens is 1. The molecule has 1 unspecified atom stereocenters. The van der Waals surface area contributed by atoms with Gasteiger partial charge < -0.3 is 5.32 Å². The zero-order chi connectivity index (χ0) is 12.8. The van der Waals surface area contributed by atoms with Gasteiger partial charge in [0.1, 0.15) is 0 Å². The summed E-state index contributed by atoms with van der Waals surface area (Å²) in [5.41, 5.74) is 1.44. The van der Waals surface area contributed by atoms with Gasteiger partial charge in [-0.25, -0.2) is 0 Å². The molecule has 0 aromatic carbocycles. The minimum Gasteiger partial charge on any atom is -0.352 e. The van der Waals surface area contributed by atoms with Crippen molar-refractivity contribution in [3.05, 3.63) is 17.5 Å². The van der Waals surface area contributed by atoms with Gasteiger partial charge in [-0.15, -0.1) is 0 Å². The van der Waals surface area contributed by atoms with Crippen LogP contribution in [0, 0.1) is 12.8 Å². The average Bonchev–Trinajstić information content (AvgIpc) is 2.63. The second-order valence-electron chi connectivity index (χ2n) is 4.26. The van der Waals surface area contributed by atoms with Gasteiger partial charge in [0.25, 0.3) is 5.91 Å². The Morgan fingerprint density at radius 3 is 2.82 bits per heavy atom. The molecule has 96 valence electrons. The molecule has 1 heterocycles. The number of hydrogen-bond donors (Lipinski definition) is 1. The van der Waals surface area contributed by atoms with Gasteiger partial charge in [0.15, 0.2) is 0 Å². The number of hydrogen-bond acceptors (Lipinski definition) is 2. The number of carbonyl (C=O) groups is 1. The Labute approximate surface area is 111 Å². The number of amides is 1. The van der Waals surface area contributed by atoms with Gasteiger partial charge in [0.05, 0.1) is 11.3 Å². The Balaban J connectivity index is 2.52. The summed E-state index contributed by atoms with van der Waals surface area (Å²) >= 11 is 3.43. The monoisotopic (exact) mass is 301 g/mol. The predicted octanol–water partition coefficient (Wildman–Crippen LogP) is 2.27. The van der Waals surface area contributed by atoms with E-state index in [0.29, 0.717) is 11.5 Å². The van der Waals surface area contributed by atoms with Crippen LogP contribution >= 0.6 is 15.9 Å². The highest BCUT2D eigenvalue weighted by Gasteiger charge is 2.13. The van der Waals surface area contributed by atoms with Crippen LogP contribution in [0.2, 0.25) is 0 Å². The summed E-state index contributed by atoms with van der Waals surface area (Å²) in [6.45, 7) is 4.73. The Kier molecular flexibility index (Phi) is 5.68. The minimum atomic E-state index is -0.0244. The van der Waals surface area contributed by atoms with E-state index in [0.717, 1.165) is 30.4 Å². The molecule has 0 saturated carbocycles. The van der Waals surface area contributed by atoms with Crippen LogP contribution in [0.3, 0.4) is 0 Å². The van der Waals surface area contributed by atoms with Crippen LogP contribution < -0.4 is 5.32 Å².